The predicted octanol–water partition coefficient (Wildman–Crippen LogP) is 2.02. The van der Waals surface area contributed by atoms with Gasteiger partial charge in [-0.3, -0.25) is 4.79 Å². The van der Waals surface area contributed by atoms with Crippen molar-refractivity contribution in [3.8, 4) is 0 Å². The van der Waals surface area contributed by atoms with Crippen molar-refractivity contribution in [2.75, 3.05) is 13.6 Å². The van der Waals surface area contributed by atoms with Gasteiger partial charge in [0.1, 0.15) is 0 Å². The molecular weight excluding hydrogens is 212 g/mol. The van der Waals surface area contributed by atoms with Gasteiger partial charge in [-0.1, -0.05) is 20.3 Å². The van der Waals surface area contributed by atoms with Crippen LogP contribution in [0.1, 0.15) is 46.0 Å². The van der Waals surface area contributed by atoms with Gasteiger partial charge in [-0.2, -0.15) is 0 Å². The molecular formula is C14H26N2O. The third-order valence-corrected chi connectivity index (χ3v) is 4.53. The lowest BCUT2D eigenvalue weighted by atomic mass is 9.79. The first-order chi connectivity index (χ1) is 8.06. The van der Waals surface area contributed by atoms with E-state index in [2.05, 4.69) is 19.2 Å². The lowest BCUT2D eigenvalue weighted by Crippen LogP contribution is -2.52. The minimum Gasteiger partial charge on any atom is -0.344 e. The molecule has 1 heterocycles. The van der Waals surface area contributed by atoms with Crippen LogP contribution in [0.2, 0.25) is 0 Å². The second-order valence-corrected chi connectivity index (χ2v) is 6.18. The fourth-order valence-electron chi connectivity index (χ4n) is 3.22. The molecule has 1 aliphatic heterocycles. The van der Waals surface area contributed by atoms with Gasteiger partial charge in [-0.05, 0) is 31.1 Å². The van der Waals surface area contributed by atoms with Gasteiger partial charge < -0.3 is 10.2 Å². The molecule has 2 rings (SSSR count). The van der Waals surface area contributed by atoms with Crippen LogP contribution < -0.4 is 5.32 Å². The van der Waals surface area contributed by atoms with Gasteiger partial charge in [-0.15, -0.1) is 0 Å². The van der Waals surface area contributed by atoms with Gasteiger partial charge in [0.05, 0.1) is 0 Å². The van der Waals surface area contributed by atoms with Crippen molar-refractivity contribution < 1.29 is 4.79 Å². The lowest BCUT2D eigenvalue weighted by molar-refractivity contribution is -0.132. The van der Waals surface area contributed by atoms with E-state index < -0.39 is 0 Å². The molecule has 3 nitrogen and oxygen atoms in total. The highest BCUT2D eigenvalue weighted by Crippen LogP contribution is 2.29. The number of carbonyl (C=O) groups excluding carboxylic acids is 1. The molecule has 0 spiro atoms. The highest BCUT2D eigenvalue weighted by molar-refractivity contribution is 5.76. The standard InChI is InChI=1S/C14H26N2O/c1-10-4-5-11(2)13(8-10)15-12-6-7-14(17)16(3)9-12/h10-13,15H,4-9H2,1-3H3. The molecule has 0 bridgehead atoms. The molecule has 1 N–H and O–H groups in total. The van der Waals surface area contributed by atoms with Crippen LogP contribution in [0.15, 0.2) is 0 Å². The molecule has 1 amide bonds. The molecule has 2 aliphatic rings. The Labute approximate surface area is 105 Å². The summed E-state index contributed by atoms with van der Waals surface area (Å²) in [6.45, 7) is 5.61. The van der Waals surface area contributed by atoms with E-state index in [9.17, 15) is 4.79 Å². The van der Waals surface area contributed by atoms with Crippen molar-refractivity contribution in [3.63, 3.8) is 0 Å². The van der Waals surface area contributed by atoms with E-state index in [1.807, 2.05) is 11.9 Å². The first-order valence-electron chi connectivity index (χ1n) is 7.06. The molecule has 1 aliphatic carbocycles. The van der Waals surface area contributed by atoms with Crippen LogP contribution in [-0.2, 0) is 4.79 Å². The Morgan fingerprint density at radius 2 is 2.00 bits per heavy atom. The molecule has 0 radical (unpaired) electrons. The van der Waals surface area contributed by atoms with Gasteiger partial charge in [0.25, 0.3) is 0 Å². The molecule has 98 valence electrons. The fourth-order valence-corrected chi connectivity index (χ4v) is 3.22. The Balaban J connectivity index is 1.85. The van der Waals surface area contributed by atoms with Crippen LogP contribution >= 0.6 is 0 Å². The summed E-state index contributed by atoms with van der Waals surface area (Å²) in [4.78, 5) is 13.3. The average Bonchev–Trinajstić information content (AvgIpc) is 2.29. The molecule has 1 saturated carbocycles. The zero-order chi connectivity index (χ0) is 12.4. The Bertz CT molecular complexity index is 279. The molecule has 0 aromatic rings. The molecule has 4 unspecified atom stereocenters. The summed E-state index contributed by atoms with van der Waals surface area (Å²) in [6, 6.07) is 1.17. The summed E-state index contributed by atoms with van der Waals surface area (Å²) in [5, 5.41) is 3.80. The fraction of sp³-hybridized carbons (Fsp3) is 0.929. The van der Waals surface area contributed by atoms with E-state index in [-0.39, 0.29) is 0 Å². The zero-order valence-corrected chi connectivity index (χ0v) is 11.4. The number of likely N-dealkylation sites (tertiary alicyclic amines) is 1. The topological polar surface area (TPSA) is 32.3 Å². The van der Waals surface area contributed by atoms with Gasteiger partial charge >= 0.3 is 0 Å². The van der Waals surface area contributed by atoms with Crippen molar-refractivity contribution in [2.45, 2.75) is 58.0 Å². The van der Waals surface area contributed by atoms with Gasteiger partial charge in [0.15, 0.2) is 0 Å². The number of hydrogen-bond donors (Lipinski definition) is 1. The largest absolute Gasteiger partial charge is 0.344 e. The average molecular weight is 238 g/mol. The number of piperidine rings is 1. The highest BCUT2D eigenvalue weighted by atomic mass is 16.2. The number of amides is 1. The Morgan fingerprint density at radius 3 is 2.71 bits per heavy atom. The van der Waals surface area contributed by atoms with E-state index in [1.165, 1.54) is 19.3 Å². The smallest absolute Gasteiger partial charge is 0.222 e. The van der Waals surface area contributed by atoms with E-state index in [4.69, 9.17) is 0 Å². The molecule has 0 aromatic heterocycles. The second kappa shape index (κ2) is 5.38. The number of carbonyl (C=O) groups is 1. The minimum absolute atomic E-state index is 0.299. The van der Waals surface area contributed by atoms with Gasteiger partial charge in [0, 0.05) is 32.1 Å². The van der Waals surface area contributed by atoms with Crippen LogP contribution in [0.5, 0.6) is 0 Å². The normalized spacial score (nSPS) is 39.5. The number of hydrogen-bond acceptors (Lipinski definition) is 2. The van der Waals surface area contributed by atoms with Crippen molar-refractivity contribution in [2.24, 2.45) is 11.8 Å². The maximum Gasteiger partial charge on any atom is 0.222 e. The molecule has 17 heavy (non-hydrogen) atoms. The van der Waals surface area contributed by atoms with Gasteiger partial charge in [-0.25, -0.2) is 0 Å². The highest BCUT2D eigenvalue weighted by Gasteiger charge is 2.30. The molecule has 1 saturated heterocycles. The first-order valence-corrected chi connectivity index (χ1v) is 7.06. The minimum atomic E-state index is 0.299. The quantitative estimate of drug-likeness (QED) is 0.798. The van der Waals surface area contributed by atoms with Crippen LogP contribution in [0.3, 0.4) is 0 Å². The summed E-state index contributed by atoms with van der Waals surface area (Å²) in [7, 11) is 1.92. The SMILES string of the molecule is CC1CCC(C)C(NC2CCC(=O)N(C)C2)C1. The van der Waals surface area contributed by atoms with Crippen LogP contribution in [0.4, 0.5) is 0 Å². The molecule has 3 heteroatoms. The van der Waals surface area contributed by atoms with Crippen molar-refractivity contribution in [1.29, 1.82) is 0 Å². The van der Waals surface area contributed by atoms with Crippen molar-refractivity contribution in [1.82, 2.24) is 10.2 Å². The van der Waals surface area contributed by atoms with E-state index in [0.717, 1.165) is 24.8 Å². The first kappa shape index (κ1) is 12.9. The Kier molecular flexibility index (Phi) is 4.08. The maximum absolute atomic E-state index is 11.4. The third-order valence-electron chi connectivity index (χ3n) is 4.53. The maximum atomic E-state index is 11.4. The molecule has 0 aromatic carbocycles. The lowest BCUT2D eigenvalue weighted by Gasteiger charge is -2.38. The summed E-state index contributed by atoms with van der Waals surface area (Å²) in [6.07, 6.45) is 5.75. The monoisotopic (exact) mass is 238 g/mol. The van der Waals surface area contributed by atoms with Crippen LogP contribution in [0.25, 0.3) is 0 Å². The van der Waals surface area contributed by atoms with E-state index in [0.29, 0.717) is 24.4 Å². The zero-order valence-electron chi connectivity index (χ0n) is 11.4. The summed E-state index contributed by atoms with van der Waals surface area (Å²) in [5.41, 5.74) is 0. The van der Waals surface area contributed by atoms with E-state index in [1.54, 1.807) is 0 Å². The van der Waals surface area contributed by atoms with Crippen LogP contribution in [-0.4, -0.2) is 36.5 Å². The molecule has 4 atom stereocenters. The number of likely N-dealkylation sites (N-methyl/N-ethyl adjacent to an activating group) is 1. The predicted molar refractivity (Wildman–Crippen MR) is 69.8 cm³/mol. The number of rotatable bonds is 2. The van der Waals surface area contributed by atoms with Crippen molar-refractivity contribution in [3.05, 3.63) is 0 Å². The molecule has 2 fully saturated rings. The summed E-state index contributed by atoms with van der Waals surface area (Å²) in [5.74, 6) is 1.94. The Morgan fingerprint density at radius 1 is 1.24 bits per heavy atom. The third kappa shape index (κ3) is 3.21. The number of nitrogens with zero attached hydrogens (tertiary/aromatic N) is 1. The van der Waals surface area contributed by atoms with Crippen LogP contribution in [0, 0.1) is 11.8 Å². The van der Waals surface area contributed by atoms with E-state index >= 15 is 0 Å². The van der Waals surface area contributed by atoms with Gasteiger partial charge in [0.2, 0.25) is 5.91 Å². The second-order valence-electron chi connectivity index (χ2n) is 6.18. The van der Waals surface area contributed by atoms with Crippen molar-refractivity contribution >= 4 is 5.91 Å². The Hall–Kier alpha value is -0.570. The summed E-state index contributed by atoms with van der Waals surface area (Å²) >= 11 is 0. The number of nitrogens with one attached hydrogen (secondary N) is 1. The summed E-state index contributed by atoms with van der Waals surface area (Å²) < 4.78 is 0.